The van der Waals surface area contributed by atoms with Crippen molar-refractivity contribution >= 4 is 21.6 Å². The van der Waals surface area contributed by atoms with Gasteiger partial charge < -0.3 is 10.2 Å². The molecule has 1 aliphatic rings. The van der Waals surface area contributed by atoms with Gasteiger partial charge in [-0.15, -0.1) is 0 Å². The first-order valence-electron chi connectivity index (χ1n) is 5.49. The van der Waals surface area contributed by atoms with Crippen molar-refractivity contribution in [3.8, 4) is 0 Å². The van der Waals surface area contributed by atoms with E-state index >= 15 is 0 Å². The molecule has 5 nitrogen and oxygen atoms in total. The molecule has 0 aliphatic carbocycles. The number of carbonyl (C=O) groups is 1. The summed E-state index contributed by atoms with van der Waals surface area (Å²) in [7, 11) is -3.03. The Bertz CT molecular complexity index is 545. The van der Waals surface area contributed by atoms with Crippen LogP contribution in [0.2, 0.25) is 0 Å². The van der Waals surface area contributed by atoms with Gasteiger partial charge in [-0.1, -0.05) is 12.1 Å². The predicted octanol–water partition coefficient (Wildman–Crippen LogP) is 1.09. The number of rotatable bonds is 1. The third-order valence-corrected chi connectivity index (χ3v) is 4.36. The molecule has 1 fully saturated rings. The molecular formula is C11H13FN2O3S. The Morgan fingerprint density at radius 2 is 1.83 bits per heavy atom. The van der Waals surface area contributed by atoms with Gasteiger partial charge in [0.15, 0.2) is 9.84 Å². The second-order valence-corrected chi connectivity index (χ2v) is 6.35. The number of benzene rings is 1. The van der Waals surface area contributed by atoms with E-state index in [4.69, 9.17) is 0 Å². The Kier molecular flexibility index (Phi) is 3.51. The van der Waals surface area contributed by atoms with E-state index in [2.05, 4.69) is 5.32 Å². The minimum atomic E-state index is -3.03. The first-order valence-corrected chi connectivity index (χ1v) is 7.31. The molecule has 1 aromatic carbocycles. The zero-order valence-electron chi connectivity index (χ0n) is 9.60. The number of sulfone groups is 1. The Balaban J connectivity index is 2.00. The van der Waals surface area contributed by atoms with Crippen molar-refractivity contribution in [2.75, 3.05) is 29.9 Å². The number of anilines is 1. The highest BCUT2D eigenvalue weighted by Crippen LogP contribution is 2.14. The van der Waals surface area contributed by atoms with Gasteiger partial charge in [-0.05, 0) is 12.1 Å². The number of carbonyl (C=O) groups excluding carboxylic acids is 1. The van der Waals surface area contributed by atoms with Gasteiger partial charge in [0.1, 0.15) is 5.82 Å². The fraction of sp³-hybridized carbons (Fsp3) is 0.364. The van der Waals surface area contributed by atoms with Crippen molar-refractivity contribution < 1.29 is 17.6 Å². The van der Waals surface area contributed by atoms with Crippen molar-refractivity contribution in [3.05, 3.63) is 30.1 Å². The smallest absolute Gasteiger partial charge is 0.321 e. The van der Waals surface area contributed by atoms with E-state index in [0.29, 0.717) is 0 Å². The minimum absolute atomic E-state index is 0.0440. The maximum Gasteiger partial charge on any atom is 0.321 e. The van der Waals surface area contributed by atoms with Crippen LogP contribution >= 0.6 is 0 Å². The molecule has 1 N–H and O–H groups in total. The summed E-state index contributed by atoms with van der Waals surface area (Å²) in [6.07, 6.45) is 0. The number of hydrogen-bond donors (Lipinski definition) is 1. The molecule has 1 aliphatic heterocycles. The lowest BCUT2D eigenvalue weighted by atomic mass is 10.3. The molecule has 0 saturated carbocycles. The van der Waals surface area contributed by atoms with Crippen LogP contribution in [0.4, 0.5) is 14.9 Å². The van der Waals surface area contributed by atoms with Crippen LogP contribution in [0.5, 0.6) is 0 Å². The topological polar surface area (TPSA) is 66.5 Å². The third-order valence-electron chi connectivity index (χ3n) is 2.75. The Labute approximate surface area is 105 Å². The fourth-order valence-electron chi connectivity index (χ4n) is 1.67. The van der Waals surface area contributed by atoms with E-state index in [0.717, 1.165) is 0 Å². The van der Waals surface area contributed by atoms with Gasteiger partial charge >= 0.3 is 6.03 Å². The van der Waals surface area contributed by atoms with E-state index in [1.165, 1.54) is 23.1 Å². The quantitative estimate of drug-likeness (QED) is 0.832. The molecule has 0 atom stereocenters. The van der Waals surface area contributed by atoms with Crippen LogP contribution in [0.15, 0.2) is 24.3 Å². The summed E-state index contributed by atoms with van der Waals surface area (Å²) < 4.78 is 35.7. The molecule has 18 heavy (non-hydrogen) atoms. The van der Waals surface area contributed by atoms with E-state index in [1.807, 2.05) is 0 Å². The molecule has 98 valence electrons. The maximum absolute atomic E-state index is 13.3. The maximum atomic E-state index is 13.3. The molecule has 2 rings (SSSR count). The molecule has 7 heteroatoms. The van der Waals surface area contributed by atoms with Gasteiger partial charge in [0, 0.05) is 13.1 Å². The number of nitrogens with zero attached hydrogens (tertiary/aromatic N) is 1. The highest BCUT2D eigenvalue weighted by atomic mass is 32.2. The normalized spacial score (nSPS) is 18.4. The monoisotopic (exact) mass is 272 g/mol. The molecular weight excluding hydrogens is 259 g/mol. The van der Waals surface area contributed by atoms with Crippen LogP contribution in [-0.4, -0.2) is 43.9 Å². The number of para-hydroxylation sites is 1. The number of urea groups is 1. The van der Waals surface area contributed by atoms with Gasteiger partial charge in [0.25, 0.3) is 0 Å². The van der Waals surface area contributed by atoms with Crippen LogP contribution < -0.4 is 5.32 Å². The standard InChI is InChI=1S/C11H13FN2O3S/c12-9-3-1-2-4-10(9)13-11(15)14-5-7-18(16,17)8-6-14/h1-4H,5-8H2,(H,13,15). The highest BCUT2D eigenvalue weighted by molar-refractivity contribution is 7.91. The molecule has 1 heterocycles. The SMILES string of the molecule is O=C(Nc1ccccc1F)N1CCS(=O)(=O)CC1. The van der Waals surface area contributed by atoms with Crippen LogP contribution in [0.1, 0.15) is 0 Å². The summed E-state index contributed by atoms with van der Waals surface area (Å²) in [6.45, 7) is 0.283. The van der Waals surface area contributed by atoms with E-state index < -0.39 is 21.7 Å². The summed E-state index contributed by atoms with van der Waals surface area (Å²) in [6, 6.07) is 5.36. The van der Waals surface area contributed by atoms with Crippen molar-refractivity contribution in [2.24, 2.45) is 0 Å². The molecule has 1 aromatic rings. The first-order chi connectivity index (χ1) is 8.48. The number of nitrogens with one attached hydrogen (secondary N) is 1. The lowest BCUT2D eigenvalue weighted by Crippen LogP contribution is -2.45. The second kappa shape index (κ2) is 4.93. The van der Waals surface area contributed by atoms with E-state index in [-0.39, 0.29) is 30.3 Å². The van der Waals surface area contributed by atoms with Crippen LogP contribution in [0.25, 0.3) is 0 Å². The van der Waals surface area contributed by atoms with Crippen molar-refractivity contribution in [1.29, 1.82) is 0 Å². The third kappa shape index (κ3) is 2.98. The largest absolute Gasteiger partial charge is 0.322 e. The van der Waals surface area contributed by atoms with Gasteiger partial charge in [-0.3, -0.25) is 0 Å². The molecule has 0 aromatic heterocycles. The van der Waals surface area contributed by atoms with Crippen LogP contribution in [0, 0.1) is 5.82 Å². The summed E-state index contributed by atoms with van der Waals surface area (Å²) >= 11 is 0. The van der Waals surface area contributed by atoms with E-state index in [1.54, 1.807) is 6.07 Å². The Morgan fingerprint density at radius 3 is 2.44 bits per heavy atom. The van der Waals surface area contributed by atoms with Gasteiger partial charge in [-0.2, -0.15) is 0 Å². The highest BCUT2D eigenvalue weighted by Gasteiger charge is 2.25. The fourth-order valence-corrected chi connectivity index (χ4v) is 2.87. The molecule has 1 saturated heterocycles. The summed E-state index contributed by atoms with van der Waals surface area (Å²) in [5.41, 5.74) is 0.0935. The number of hydrogen-bond acceptors (Lipinski definition) is 3. The molecule has 0 radical (unpaired) electrons. The van der Waals surface area contributed by atoms with Crippen LogP contribution in [0.3, 0.4) is 0 Å². The number of amides is 2. The lowest BCUT2D eigenvalue weighted by Gasteiger charge is -2.26. The van der Waals surface area contributed by atoms with Crippen molar-refractivity contribution in [3.63, 3.8) is 0 Å². The molecule has 2 amide bonds. The molecule has 0 spiro atoms. The van der Waals surface area contributed by atoms with Gasteiger partial charge in [0.05, 0.1) is 17.2 Å². The van der Waals surface area contributed by atoms with Crippen LogP contribution in [-0.2, 0) is 9.84 Å². The average molecular weight is 272 g/mol. The van der Waals surface area contributed by atoms with E-state index in [9.17, 15) is 17.6 Å². The minimum Gasteiger partial charge on any atom is -0.322 e. The summed E-state index contributed by atoms with van der Waals surface area (Å²) in [5, 5.41) is 2.42. The van der Waals surface area contributed by atoms with Crippen molar-refractivity contribution in [1.82, 2.24) is 4.90 Å². The zero-order valence-corrected chi connectivity index (χ0v) is 10.4. The molecule has 0 unspecified atom stereocenters. The average Bonchev–Trinajstić information content (AvgIpc) is 2.32. The van der Waals surface area contributed by atoms with Gasteiger partial charge in [-0.25, -0.2) is 17.6 Å². The van der Waals surface area contributed by atoms with Crippen molar-refractivity contribution in [2.45, 2.75) is 0 Å². The lowest BCUT2D eigenvalue weighted by molar-refractivity contribution is 0.216. The Hall–Kier alpha value is -1.63. The second-order valence-electron chi connectivity index (χ2n) is 4.05. The predicted molar refractivity (Wildman–Crippen MR) is 65.6 cm³/mol. The Morgan fingerprint density at radius 1 is 1.22 bits per heavy atom. The van der Waals surface area contributed by atoms with Gasteiger partial charge in [0.2, 0.25) is 0 Å². The summed E-state index contributed by atoms with van der Waals surface area (Å²) in [4.78, 5) is 13.2. The number of halogens is 1. The summed E-state index contributed by atoms with van der Waals surface area (Å²) in [5.74, 6) is -0.606. The zero-order chi connectivity index (χ0) is 13.2. The first kappa shape index (κ1) is 12.8. The molecule has 0 bridgehead atoms.